The first-order chi connectivity index (χ1) is 11.6. The highest BCUT2D eigenvalue weighted by Gasteiger charge is 2.42. The molecule has 3 heteroatoms. The Hall–Kier alpha value is -1.74. The van der Waals surface area contributed by atoms with E-state index in [-0.39, 0.29) is 5.41 Å². The van der Waals surface area contributed by atoms with Gasteiger partial charge in [-0.2, -0.15) is 0 Å². The summed E-state index contributed by atoms with van der Waals surface area (Å²) >= 11 is 0. The maximum Gasteiger partial charge on any atom is 0.124 e. The van der Waals surface area contributed by atoms with Crippen LogP contribution in [-0.4, -0.2) is 24.9 Å². The van der Waals surface area contributed by atoms with Crippen LogP contribution in [0.1, 0.15) is 51.0 Å². The van der Waals surface area contributed by atoms with Gasteiger partial charge in [-0.05, 0) is 48.6 Å². The van der Waals surface area contributed by atoms with Crippen molar-refractivity contribution in [2.45, 2.75) is 51.6 Å². The molecule has 1 saturated carbocycles. The molecule has 1 unspecified atom stereocenters. The van der Waals surface area contributed by atoms with Gasteiger partial charge >= 0.3 is 0 Å². The molecule has 3 rings (SSSR count). The summed E-state index contributed by atoms with van der Waals surface area (Å²) in [7, 11) is 1.65. The van der Waals surface area contributed by atoms with Gasteiger partial charge in [0.05, 0.1) is 13.7 Å². The summed E-state index contributed by atoms with van der Waals surface area (Å²) in [4.78, 5) is 0. The minimum atomic E-state index is -0.610. The first-order valence-electron chi connectivity index (χ1n) is 8.90. The predicted octanol–water partition coefficient (Wildman–Crippen LogP) is 4.71. The van der Waals surface area contributed by atoms with Gasteiger partial charge in [-0.25, -0.2) is 0 Å². The third-order valence-corrected chi connectivity index (χ3v) is 5.72. The molecule has 0 aromatic heterocycles. The number of rotatable bonds is 5. The van der Waals surface area contributed by atoms with E-state index in [1.807, 2.05) is 24.3 Å². The molecule has 0 amide bonds. The van der Waals surface area contributed by atoms with E-state index in [1.165, 1.54) is 37.7 Å². The molecule has 1 atom stereocenters. The quantitative estimate of drug-likeness (QED) is 0.850. The van der Waals surface area contributed by atoms with E-state index in [0.717, 1.165) is 29.3 Å². The number of hydrogen-bond acceptors (Lipinski definition) is 3. The standard InChI is InChI=1S/C21H28O3/c1-15(17-7-9-18(23-3)10-8-17)13-19(22)20-16(2)21(14-24-20)11-5-4-6-12-21/h7-10,19,22H,1,4-6,11-14H2,2-3H3. The lowest BCUT2D eigenvalue weighted by Crippen LogP contribution is -2.26. The molecule has 1 aromatic carbocycles. The molecule has 1 N–H and O–H groups in total. The van der Waals surface area contributed by atoms with Crippen molar-refractivity contribution in [2.75, 3.05) is 13.7 Å². The number of aliphatic hydroxyl groups is 1. The van der Waals surface area contributed by atoms with Crippen molar-refractivity contribution in [3.63, 3.8) is 0 Å². The molecule has 1 fully saturated rings. The number of ether oxygens (including phenoxy) is 2. The lowest BCUT2D eigenvalue weighted by molar-refractivity contribution is 0.0863. The van der Waals surface area contributed by atoms with Gasteiger partial charge in [0, 0.05) is 11.8 Å². The Balaban J connectivity index is 1.69. The second-order valence-corrected chi connectivity index (χ2v) is 7.17. The average molecular weight is 328 g/mol. The fourth-order valence-corrected chi connectivity index (χ4v) is 4.06. The molecule has 1 heterocycles. The normalized spacial score (nSPS) is 20.8. The summed E-state index contributed by atoms with van der Waals surface area (Å²) in [5.41, 5.74) is 3.38. The molecule has 1 aliphatic carbocycles. The fourth-order valence-electron chi connectivity index (χ4n) is 4.06. The van der Waals surface area contributed by atoms with Crippen LogP contribution in [0.3, 0.4) is 0 Å². The Morgan fingerprint density at radius 3 is 2.54 bits per heavy atom. The van der Waals surface area contributed by atoms with Crippen molar-refractivity contribution in [3.8, 4) is 5.75 Å². The number of methoxy groups -OCH3 is 1. The van der Waals surface area contributed by atoms with Crippen LogP contribution >= 0.6 is 0 Å². The van der Waals surface area contributed by atoms with E-state index in [9.17, 15) is 5.11 Å². The molecule has 0 bridgehead atoms. The lowest BCUT2D eigenvalue weighted by atomic mass is 9.70. The summed E-state index contributed by atoms with van der Waals surface area (Å²) in [5, 5.41) is 10.7. The van der Waals surface area contributed by atoms with Crippen LogP contribution in [0, 0.1) is 5.41 Å². The van der Waals surface area contributed by atoms with Crippen LogP contribution in [0.15, 0.2) is 42.2 Å². The van der Waals surface area contributed by atoms with E-state index in [1.54, 1.807) is 7.11 Å². The molecule has 3 nitrogen and oxygen atoms in total. The minimum absolute atomic E-state index is 0.177. The summed E-state index contributed by atoms with van der Waals surface area (Å²) in [6.45, 7) is 7.02. The zero-order valence-electron chi connectivity index (χ0n) is 14.8. The summed E-state index contributed by atoms with van der Waals surface area (Å²) in [6.07, 6.45) is 6.12. The summed E-state index contributed by atoms with van der Waals surface area (Å²) < 4.78 is 11.1. The largest absolute Gasteiger partial charge is 0.497 e. The Labute approximate surface area is 145 Å². The van der Waals surface area contributed by atoms with Crippen LogP contribution < -0.4 is 4.74 Å². The molecular weight excluding hydrogens is 300 g/mol. The van der Waals surface area contributed by atoms with Crippen LogP contribution in [0.2, 0.25) is 0 Å². The molecule has 1 aliphatic heterocycles. The van der Waals surface area contributed by atoms with Crippen molar-refractivity contribution >= 4 is 5.57 Å². The van der Waals surface area contributed by atoms with E-state index in [4.69, 9.17) is 9.47 Å². The molecule has 2 aliphatic rings. The molecule has 1 aromatic rings. The second-order valence-electron chi connectivity index (χ2n) is 7.17. The highest BCUT2D eigenvalue weighted by molar-refractivity contribution is 5.64. The van der Waals surface area contributed by atoms with E-state index in [0.29, 0.717) is 6.42 Å². The average Bonchev–Trinajstić information content (AvgIpc) is 2.92. The van der Waals surface area contributed by atoms with Crippen molar-refractivity contribution < 1.29 is 14.6 Å². The van der Waals surface area contributed by atoms with Gasteiger partial charge in [0.15, 0.2) is 0 Å². The number of benzene rings is 1. The van der Waals surface area contributed by atoms with E-state index < -0.39 is 6.10 Å². The number of aliphatic hydroxyl groups excluding tert-OH is 1. The predicted molar refractivity (Wildman–Crippen MR) is 96.8 cm³/mol. The van der Waals surface area contributed by atoms with Gasteiger partial charge in [0.25, 0.3) is 0 Å². The first kappa shape index (κ1) is 17.1. The molecule has 24 heavy (non-hydrogen) atoms. The van der Waals surface area contributed by atoms with Crippen LogP contribution in [0.25, 0.3) is 5.57 Å². The van der Waals surface area contributed by atoms with Gasteiger partial charge in [0.2, 0.25) is 0 Å². The zero-order valence-corrected chi connectivity index (χ0v) is 14.8. The van der Waals surface area contributed by atoms with Crippen LogP contribution in [0.4, 0.5) is 0 Å². The van der Waals surface area contributed by atoms with E-state index in [2.05, 4.69) is 13.5 Å². The Kier molecular flexibility index (Phi) is 5.00. The highest BCUT2D eigenvalue weighted by atomic mass is 16.5. The molecule has 130 valence electrons. The maximum absolute atomic E-state index is 10.7. The smallest absolute Gasteiger partial charge is 0.124 e. The summed E-state index contributed by atoms with van der Waals surface area (Å²) in [5.74, 6) is 1.61. The topological polar surface area (TPSA) is 38.7 Å². The maximum atomic E-state index is 10.7. The van der Waals surface area contributed by atoms with Gasteiger partial charge < -0.3 is 14.6 Å². The van der Waals surface area contributed by atoms with Crippen molar-refractivity contribution in [1.82, 2.24) is 0 Å². The monoisotopic (exact) mass is 328 g/mol. The molecule has 0 saturated heterocycles. The fraction of sp³-hybridized carbons (Fsp3) is 0.524. The van der Waals surface area contributed by atoms with Gasteiger partial charge in [-0.1, -0.05) is 38.0 Å². The van der Waals surface area contributed by atoms with Gasteiger partial charge in [0.1, 0.15) is 17.6 Å². The molecule has 1 spiro atoms. The Morgan fingerprint density at radius 2 is 1.92 bits per heavy atom. The van der Waals surface area contributed by atoms with Crippen molar-refractivity contribution in [2.24, 2.45) is 5.41 Å². The SMILES string of the molecule is C=C(CC(O)C1=C(C)C2(CCCCC2)CO1)c1ccc(OC)cc1. The van der Waals surface area contributed by atoms with Crippen LogP contribution in [-0.2, 0) is 4.74 Å². The Bertz CT molecular complexity index is 621. The number of hydrogen-bond donors (Lipinski definition) is 1. The second kappa shape index (κ2) is 7.02. The lowest BCUT2D eigenvalue weighted by Gasteiger charge is -2.32. The zero-order chi connectivity index (χ0) is 17.2. The van der Waals surface area contributed by atoms with Crippen LogP contribution in [0.5, 0.6) is 5.75 Å². The first-order valence-corrected chi connectivity index (χ1v) is 8.90. The Morgan fingerprint density at radius 1 is 1.25 bits per heavy atom. The van der Waals surface area contributed by atoms with Crippen molar-refractivity contribution in [3.05, 3.63) is 47.7 Å². The van der Waals surface area contributed by atoms with Gasteiger partial charge in [-0.15, -0.1) is 0 Å². The molecule has 0 radical (unpaired) electrons. The van der Waals surface area contributed by atoms with E-state index >= 15 is 0 Å². The third-order valence-electron chi connectivity index (χ3n) is 5.72. The highest BCUT2D eigenvalue weighted by Crippen LogP contribution is 2.48. The third kappa shape index (κ3) is 3.23. The minimum Gasteiger partial charge on any atom is -0.497 e. The van der Waals surface area contributed by atoms with Gasteiger partial charge in [-0.3, -0.25) is 0 Å². The van der Waals surface area contributed by atoms with Crippen molar-refractivity contribution in [1.29, 1.82) is 0 Å². The molecular formula is C21H28O3. The summed E-state index contributed by atoms with van der Waals surface area (Å²) in [6, 6.07) is 7.79.